The molecule has 2 aromatic rings. The minimum atomic E-state index is -1.07. The molecule has 2 unspecified atom stereocenters. The average Bonchev–Trinajstić information content (AvgIpc) is 3.47. The van der Waals surface area contributed by atoms with E-state index < -0.39 is 23.7 Å². The molecule has 1 saturated heterocycles. The van der Waals surface area contributed by atoms with Crippen molar-refractivity contribution >= 4 is 34.4 Å². The Morgan fingerprint density at radius 3 is 2.88 bits per heavy atom. The molecule has 3 N–H and O–H groups in total. The number of carbonyl (C=O) groups excluding carboxylic acids is 2. The van der Waals surface area contributed by atoms with Crippen LogP contribution in [0.3, 0.4) is 0 Å². The number of rotatable bonds is 5. The van der Waals surface area contributed by atoms with Gasteiger partial charge in [0.25, 0.3) is 0 Å². The molecule has 12 heteroatoms. The van der Waals surface area contributed by atoms with E-state index in [4.69, 9.17) is 9.47 Å². The van der Waals surface area contributed by atoms with Crippen molar-refractivity contribution in [1.82, 2.24) is 16.2 Å². The summed E-state index contributed by atoms with van der Waals surface area (Å²) in [7, 11) is 0. The predicted octanol–water partition coefficient (Wildman–Crippen LogP) is 1.50. The number of hydrogen-bond acceptors (Lipinski definition) is 8. The number of anilines is 1. The standard InChI is InChI=1S/C21H19F2N5O4S/c22-14-3-2-12(6-15(14)23)28-20(30)13-8-25-27-19(13)26-21(28)33-9-18(29)24-7-11-1-4-16-17(5-11)32-10-31-16/h1-6,13,19,25,27H,7-10H2,(H,24,29). The molecule has 0 saturated carbocycles. The van der Waals surface area contributed by atoms with Crippen LogP contribution in [0.2, 0.25) is 0 Å². The number of amides is 2. The van der Waals surface area contributed by atoms with Gasteiger partial charge in [0.15, 0.2) is 28.3 Å². The molecule has 2 aromatic carbocycles. The lowest BCUT2D eigenvalue weighted by molar-refractivity contribution is -0.121. The van der Waals surface area contributed by atoms with Gasteiger partial charge in [0.2, 0.25) is 18.6 Å². The number of thioether (sulfide) groups is 1. The number of aliphatic imine (C=N–C) groups is 1. The van der Waals surface area contributed by atoms with Gasteiger partial charge in [0.05, 0.1) is 17.4 Å². The fourth-order valence-corrected chi connectivity index (χ4v) is 4.54. The van der Waals surface area contributed by atoms with Crippen molar-refractivity contribution in [3.63, 3.8) is 0 Å². The third-order valence-corrected chi connectivity index (χ3v) is 6.30. The summed E-state index contributed by atoms with van der Waals surface area (Å²) in [5.74, 6) is -1.93. The molecular formula is C21H19F2N5O4S. The van der Waals surface area contributed by atoms with E-state index in [0.717, 1.165) is 29.5 Å². The van der Waals surface area contributed by atoms with Gasteiger partial charge in [-0.2, -0.15) is 0 Å². The highest BCUT2D eigenvalue weighted by molar-refractivity contribution is 8.14. The number of nitrogens with one attached hydrogen (secondary N) is 3. The van der Waals surface area contributed by atoms with Gasteiger partial charge in [-0.05, 0) is 29.8 Å². The number of hydrazine groups is 1. The van der Waals surface area contributed by atoms with Gasteiger partial charge in [-0.15, -0.1) is 0 Å². The van der Waals surface area contributed by atoms with Crippen molar-refractivity contribution < 1.29 is 27.8 Å². The second-order valence-electron chi connectivity index (χ2n) is 7.51. The van der Waals surface area contributed by atoms with E-state index in [2.05, 4.69) is 21.2 Å². The predicted molar refractivity (Wildman–Crippen MR) is 117 cm³/mol. The maximum Gasteiger partial charge on any atom is 0.241 e. The monoisotopic (exact) mass is 475 g/mol. The van der Waals surface area contributed by atoms with Crippen LogP contribution in [0.4, 0.5) is 14.5 Å². The Hall–Kier alpha value is -3.22. The minimum absolute atomic E-state index is 0.0261. The molecule has 3 aliphatic heterocycles. The van der Waals surface area contributed by atoms with E-state index in [0.29, 0.717) is 18.0 Å². The van der Waals surface area contributed by atoms with E-state index in [1.807, 2.05) is 6.07 Å². The van der Waals surface area contributed by atoms with Gasteiger partial charge in [0, 0.05) is 19.2 Å². The third kappa shape index (κ3) is 4.36. The first-order valence-electron chi connectivity index (χ1n) is 10.1. The third-order valence-electron chi connectivity index (χ3n) is 5.35. The number of benzene rings is 2. The van der Waals surface area contributed by atoms with Crippen LogP contribution < -0.4 is 30.5 Å². The van der Waals surface area contributed by atoms with E-state index in [9.17, 15) is 18.4 Å². The fraction of sp³-hybridized carbons (Fsp3) is 0.286. The quantitative estimate of drug-likeness (QED) is 0.602. The Labute approximate surface area is 191 Å². The molecule has 0 radical (unpaired) electrons. The van der Waals surface area contributed by atoms with Crippen LogP contribution in [0.25, 0.3) is 0 Å². The van der Waals surface area contributed by atoms with Crippen LogP contribution in [-0.4, -0.2) is 42.2 Å². The van der Waals surface area contributed by atoms with Crippen LogP contribution >= 0.6 is 11.8 Å². The van der Waals surface area contributed by atoms with Crippen LogP contribution in [0.15, 0.2) is 41.4 Å². The van der Waals surface area contributed by atoms with Crippen LogP contribution in [0, 0.1) is 17.6 Å². The number of hydrogen-bond donors (Lipinski definition) is 3. The summed E-state index contributed by atoms with van der Waals surface area (Å²) in [4.78, 5) is 31.3. The maximum atomic E-state index is 13.8. The van der Waals surface area contributed by atoms with Crippen LogP contribution in [-0.2, 0) is 16.1 Å². The molecule has 0 bridgehead atoms. The maximum absolute atomic E-state index is 13.8. The van der Waals surface area contributed by atoms with Gasteiger partial charge >= 0.3 is 0 Å². The van der Waals surface area contributed by atoms with Crippen molar-refractivity contribution in [2.24, 2.45) is 10.9 Å². The number of halogens is 2. The first-order valence-corrected chi connectivity index (χ1v) is 11.1. The zero-order chi connectivity index (χ0) is 22.9. The molecule has 3 heterocycles. The second-order valence-corrected chi connectivity index (χ2v) is 8.46. The van der Waals surface area contributed by atoms with Gasteiger partial charge < -0.3 is 14.8 Å². The topological polar surface area (TPSA) is 104 Å². The number of amidine groups is 1. The molecule has 5 rings (SSSR count). The van der Waals surface area contributed by atoms with Crippen LogP contribution in [0.5, 0.6) is 11.5 Å². The molecule has 33 heavy (non-hydrogen) atoms. The number of nitrogens with zero attached hydrogens (tertiary/aromatic N) is 2. The van der Waals surface area contributed by atoms with Gasteiger partial charge in [0.1, 0.15) is 6.17 Å². The lowest BCUT2D eigenvalue weighted by atomic mass is 10.0. The summed E-state index contributed by atoms with van der Waals surface area (Å²) in [6, 6.07) is 8.61. The summed E-state index contributed by atoms with van der Waals surface area (Å²) in [5.41, 5.74) is 6.79. The smallest absolute Gasteiger partial charge is 0.241 e. The van der Waals surface area contributed by atoms with Gasteiger partial charge in [-0.3, -0.25) is 19.9 Å². The number of ether oxygens (including phenoxy) is 2. The zero-order valence-corrected chi connectivity index (χ0v) is 18.0. The Morgan fingerprint density at radius 1 is 1.18 bits per heavy atom. The Morgan fingerprint density at radius 2 is 2.03 bits per heavy atom. The Balaban J connectivity index is 1.27. The largest absolute Gasteiger partial charge is 0.454 e. The van der Waals surface area contributed by atoms with Crippen molar-refractivity contribution in [3.05, 3.63) is 53.6 Å². The average molecular weight is 475 g/mol. The van der Waals surface area contributed by atoms with Crippen LogP contribution in [0.1, 0.15) is 5.56 Å². The summed E-state index contributed by atoms with van der Waals surface area (Å²) >= 11 is 1.04. The lowest BCUT2D eigenvalue weighted by Crippen LogP contribution is -2.49. The van der Waals surface area contributed by atoms with Crippen molar-refractivity contribution in [1.29, 1.82) is 0 Å². The molecule has 0 spiro atoms. The van der Waals surface area contributed by atoms with Crippen molar-refractivity contribution in [3.8, 4) is 11.5 Å². The first kappa shape index (κ1) is 21.6. The van der Waals surface area contributed by atoms with Gasteiger partial charge in [-0.25, -0.2) is 19.2 Å². The molecule has 1 fully saturated rings. The minimum Gasteiger partial charge on any atom is -0.454 e. The highest BCUT2D eigenvalue weighted by Crippen LogP contribution is 2.33. The highest BCUT2D eigenvalue weighted by atomic mass is 32.2. The second kappa shape index (κ2) is 8.96. The van der Waals surface area contributed by atoms with Crippen molar-refractivity contribution in [2.45, 2.75) is 12.7 Å². The molecular weight excluding hydrogens is 456 g/mol. The van der Waals surface area contributed by atoms with E-state index in [-0.39, 0.29) is 41.8 Å². The molecule has 172 valence electrons. The summed E-state index contributed by atoms with van der Waals surface area (Å²) < 4.78 is 37.9. The molecule has 0 aliphatic carbocycles. The highest BCUT2D eigenvalue weighted by Gasteiger charge is 2.42. The molecule has 2 atom stereocenters. The molecule has 2 amide bonds. The SMILES string of the molecule is O=C(CSC1=NC2NNCC2C(=O)N1c1ccc(F)c(F)c1)NCc1ccc2c(c1)OCO2. The molecule has 0 aromatic heterocycles. The lowest BCUT2D eigenvalue weighted by Gasteiger charge is -2.32. The summed E-state index contributed by atoms with van der Waals surface area (Å²) in [6.07, 6.45) is -0.502. The Kier molecular flexibility index (Phi) is 5.87. The number of carbonyl (C=O) groups is 2. The van der Waals surface area contributed by atoms with E-state index in [1.54, 1.807) is 12.1 Å². The summed E-state index contributed by atoms with van der Waals surface area (Å²) in [6.45, 7) is 0.801. The van der Waals surface area contributed by atoms with E-state index >= 15 is 0 Å². The molecule has 3 aliphatic rings. The van der Waals surface area contributed by atoms with Crippen molar-refractivity contribution in [2.75, 3.05) is 24.0 Å². The van der Waals surface area contributed by atoms with Gasteiger partial charge in [-0.1, -0.05) is 17.8 Å². The number of fused-ring (bicyclic) bond motifs is 2. The zero-order valence-electron chi connectivity index (χ0n) is 17.1. The summed E-state index contributed by atoms with van der Waals surface area (Å²) in [5, 5.41) is 3.03. The fourth-order valence-electron chi connectivity index (χ4n) is 3.66. The first-order chi connectivity index (χ1) is 16.0. The normalized spacial score (nSPS) is 21.1. The van der Waals surface area contributed by atoms with E-state index in [1.165, 1.54) is 11.0 Å². The molecule has 9 nitrogen and oxygen atoms in total. The Bertz CT molecular complexity index is 1150.